The van der Waals surface area contributed by atoms with Gasteiger partial charge in [0.1, 0.15) is 0 Å². The van der Waals surface area contributed by atoms with Crippen LogP contribution in [0.4, 0.5) is 0 Å². The molecule has 0 aliphatic rings. The third kappa shape index (κ3) is 2.04. The fourth-order valence-corrected chi connectivity index (χ4v) is 1.72. The van der Waals surface area contributed by atoms with Crippen molar-refractivity contribution in [1.29, 1.82) is 0 Å². The van der Waals surface area contributed by atoms with Crippen LogP contribution in [0.1, 0.15) is 5.69 Å². The van der Waals surface area contributed by atoms with E-state index in [0.717, 1.165) is 16.6 Å². The molecule has 0 spiro atoms. The van der Waals surface area contributed by atoms with Crippen LogP contribution in [0.15, 0.2) is 24.3 Å². The van der Waals surface area contributed by atoms with E-state index in [1.807, 2.05) is 36.0 Å². The summed E-state index contributed by atoms with van der Waals surface area (Å²) in [7, 11) is 1.90. The fourth-order valence-electron chi connectivity index (χ4n) is 1.72. The lowest BCUT2D eigenvalue weighted by Crippen LogP contribution is -2.28. The Kier molecular flexibility index (Phi) is 2.87. The lowest BCUT2D eigenvalue weighted by atomic mass is 10.2. The number of amides is 1. The highest BCUT2D eigenvalue weighted by Crippen LogP contribution is 2.16. The molecule has 16 heavy (non-hydrogen) atoms. The third-order valence-corrected chi connectivity index (χ3v) is 2.43. The Bertz CT molecular complexity index is 518. The molecule has 3 N–H and O–H groups in total. The summed E-state index contributed by atoms with van der Waals surface area (Å²) < 4.78 is 1.83. The second-order valence-corrected chi connectivity index (χ2v) is 3.66. The van der Waals surface area contributed by atoms with E-state index < -0.39 is 0 Å². The predicted octanol–water partition coefficient (Wildman–Crippen LogP) is 0.148. The number of nitrogens with two attached hydrogens (primary N) is 1. The van der Waals surface area contributed by atoms with Crippen LogP contribution in [-0.2, 0) is 18.4 Å². The Hall–Kier alpha value is -1.88. The molecule has 0 saturated heterocycles. The Morgan fingerprint density at radius 1 is 1.50 bits per heavy atom. The number of aryl methyl sites for hydroxylation is 1. The molecule has 5 nitrogen and oxygen atoms in total. The molecule has 1 amide bonds. The van der Waals surface area contributed by atoms with Crippen molar-refractivity contribution in [2.24, 2.45) is 12.8 Å². The van der Waals surface area contributed by atoms with Crippen molar-refractivity contribution in [2.75, 3.05) is 6.54 Å². The summed E-state index contributed by atoms with van der Waals surface area (Å²) in [4.78, 5) is 10.6. The molecule has 0 unspecified atom stereocenters. The maximum Gasteiger partial charge on any atom is 0.231 e. The second-order valence-electron chi connectivity index (χ2n) is 3.66. The maximum absolute atomic E-state index is 10.6. The predicted molar refractivity (Wildman–Crippen MR) is 61.6 cm³/mol. The summed E-state index contributed by atoms with van der Waals surface area (Å²) in [6.07, 6.45) is 0. The van der Waals surface area contributed by atoms with Gasteiger partial charge in [-0.1, -0.05) is 18.2 Å². The number of benzene rings is 1. The van der Waals surface area contributed by atoms with Crippen LogP contribution in [0.25, 0.3) is 10.9 Å². The van der Waals surface area contributed by atoms with Crippen molar-refractivity contribution in [2.45, 2.75) is 6.54 Å². The zero-order valence-corrected chi connectivity index (χ0v) is 9.10. The molecule has 0 saturated carbocycles. The minimum absolute atomic E-state index is 0.172. The summed E-state index contributed by atoms with van der Waals surface area (Å²) >= 11 is 0. The standard InChI is InChI=1S/C11H14N4O/c1-15-10-5-3-2-4-8(10)9(14-15)6-13-7-11(12)16/h2-5,13H,6-7H2,1H3,(H2,12,16). The lowest BCUT2D eigenvalue weighted by Gasteiger charge is -1.98. The summed E-state index contributed by atoms with van der Waals surface area (Å²) in [5.41, 5.74) is 7.06. The van der Waals surface area contributed by atoms with Crippen LogP contribution in [-0.4, -0.2) is 22.2 Å². The molecular weight excluding hydrogens is 204 g/mol. The zero-order chi connectivity index (χ0) is 11.5. The van der Waals surface area contributed by atoms with Crippen molar-refractivity contribution in [1.82, 2.24) is 15.1 Å². The van der Waals surface area contributed by atoms with Crippen molar-refractivity contribution in [3.63, 3.8) is 0 Å². The van der Waals surface area contributed by atoms with Gasteiger partial charge in [0.25, 0.3) is 0 Å². The van der Waals surface area contributed by atoms with Gasteiger partial charge in [-0.05, 0) is 6.07 Å². The van der Waals surface area contributed by atoms with Crippen LogP contribution < -0.4 is 11.1 Å². The van der Waals surface area contributed by atoms with Crippen LogP contribution in [0.5, 0.6) is 0 Å². The molecule has 0 bridgehead atoms. The van der Waals surface area contributed by atoms with Crippen molar-refractivity contribution in [3.8, 4) is 0 Å². The quantitative estimate of drug-likeness (QED) is 0.767. The Morgan fingerprint density at radius 3 is 3.00 bits per heavy atom. The van der Waals surface area contributed by atoms with Gasteiger partial charge in [0.2, 0.25) is 5.91 Å². The molecule has 1 heterocycles. The van der Waals surface area contributed by atoms with Crippen LogP contribution in [0.2, 0.25) is 0 Å². The van der Waals surface area contributed by atoms with E-state index in [0.29, 0.717) is 6.54 Å². The average Bonchev–Trinajstić information content (AvgIpc) is 2.57. The van der Waals surface area contributed by atoms with Crippen LogP contribution in [0, 0.1) is 0 Å². The lowest BCUT2D eigenvalue weighted by molar-refractivity contribution is -0.117. The van der Waals surface area contributed by atoms with E-state index in [1.54, 1.807) is 0 Å². The van der Waals surface area contributed by atoms with Crippen LogP contribution >= 0.6 is 0 Å². The molecule has 0 aliphatic heterocycles. The molecule has 1 aromatic heterocycles. The number of rotatable bonds is 4. The van der Waals surface area contributed by atoms with E-state index in [9.17, 15) is 4.79 Å². The van der Waals surface area contributed by atoms with Gasteiger partial charge in [0.05, 0.1) is 17.8 Å². The normalized spacial score (nSPS) is 10.8. The molecule has 1 aromatic carbocycles. The van der Waals surface area contributed by atoms with E-state index in [4.69, 9.17) is 5.73 Å². The summed E-state index contributed by atoms with van der Waals surface area (Å²) in [6.45, 7) is 0.717. The number of hydrogen-bond acceptors (Lipinski definition) is 3. The Balaban J connectivity index is 2.21. The van der Waals surface area contributed by atoms with E-state index in [1.165, 1.54) is 0 Å². The first kappa shape index (κ1) is 10.6. The molecule has 2 rings (SSSR count). The highest BCUT2D eigenvalue weighted by molar-refractivity contribution is 5.82. The number of primary amides is 1. The number of carbonyl (C=O) groups excluding carboxylic acids is 1. The molecule has 0 fully saturated rings. The van der Waals surface area contributed by atoms with Gasteiger partial charge in [-0.2, -0.15) is 5.10 Å². The highest BCUT2D eigenvalue weighted by Gasteiger charge is 2.07. The molecule has 0 radical (unpaired) electrons. The third-order valence-electron chi connectivity index (χ3n) is 2.43. The Labute approximate surface area is 93.2 Å². The number of fused-ring (bicyclic) bond motifs is 1. The first-order chi connectivity index (χ1) is 7.68. The number of carbonyl (C=O) groups is 1. The number of para-hydroxylation sites is 1. The SMILES string of the molecule is Cn1nc(CNCC(N)=O)c2ccccc21. The van der Waals surface area contributed by atoms with Gasteiger partial charge in [-0.3, -0.25) is 9.48 Å². The zero-order valence-electron chi connectivity index (χ0n) is 9.10. The molecule has 0 atom stereocenters. The smallest absolute Gasteiger partial charge is 0.231 e. The monoisotopic (exact) mass is 218 g/mol. The fraction of sp³-hybridized carbons (Fsp3) is 0.273. The minimum atomic E-state index is -0.361. The van der Waals surface area contributed by atoms with Gasteiger partial charge in [0, 0.05) is 19.0 Å². The van der Waals surface area contributed by atoms with Gasteiger partial charge in [-0.15, -0.1) is 0 Å². The number of hydrogen-bond donors (Lipinski definition) is 2. The first-order valence-corrected chi connectivity index (χ1v) is 5.08. The van der Waals surface area contributed by atoms with Gasteiger partial charge in [0.15, 0.2) is 0 Å². The second kappa shape index (κ2) is 4.32. The van der Waals surface area contributed by atoms with E-state index >= 15 is 0 Å². The summed E-state index contributed by atoms with van der Waals surface area (Å²) in [5, 5.41) is 8.44. The molecule has 84 valence electrons. The molecule has 2 aromatic rings. The van der Waals surface area contributed by atoms with Crippen molar-refractivity contribution >= 4 is 16.8 Å². The molecule has 5 heteroatoms. The number of aromatic nitrogens is 2. The minimum Gasteiger partial charge on any atom is -0.369 e. The van der Waals surface area contributed by atoms with Crippen LogP contribution in [0.3, 0.4) is 0 Å². The first-order valence-electron chi connectivity index (χ1n) is 5.08. The number of nitrogens with zero attached hydrogens (tertiary/aromatic N) is 2. The average molecular weight is 218 g/mol. The summed E-state index contributed by atoms with van der Waals surface area (Å²) in [6, 6.07) is 7.98. The highest BCUT2D eigenvalue weighted by atomic mass is 16.1. The Morgan fingerprint density at radius 2 is 2.25 bits per heavy atom. The van der Waals surface area contributed by atoms with E-state index in [-0.39, 0.29) is 12.5 Å². The van der Waals surface area contributed by atoms with Crippen molar-refractivity contribution < 1.29 is 4.79 Å². The van der Waals surface area contributed by atoms with Gasteiger partial charge >= 0.3 is 0 Å². The van der Waals surface area contributed by atoms with E-state index in [2.05, 4.69) is 10.4 Å². The molecular formula is C11H14N4O. The number of nitrogens with one attached hydrogen (secondary N) is 1. The summed E-state index contributed by atoms with van der Waals surface area (Å²) in [5.74, 6) is -0.361. The largest absolute Gasteiger partial charge is 0.369 e. The van der Waals surface area contributed by atoms with Gasteiger partial charge < -0.3 is 11.1 Å². The van der Waals surface area contributed by atoms with Gasteiger partial charge in [-0.25, -0.2) is 0 Å². The van der Waals surface area contributed by atoms with Crippen molar-refractivity contribution in [3.05, 3.63) is 30.0 Å². The topological polar surface area (TPSA) is 72.9 Å². The maximum atomic E-state index is 10.6. The molecule has 0 aliphatic carbocycles.